The predicted octanol–water partition coefficient (Wildman–Crippen LogP) is -13.1. The van der Waals surface area contributed by atoms with Crippen molar-refractivity contribution in [3.63, 3.8) is 0 Å². The molecule has 0 amide bonds. The van der Waals surface area contributed by atoms with E-state index in [2.05, 4.69) is 5.32 Å². The molecule has 0 bridgehead atoms. The number of rotatable bonds is 4. The number of carbonyl (C=O) groups excluding carboxylic acids is 3. The molecule has 0 radical (unpaired) electrons. The van der Waals surface area contributed by atoms with Crippen LogP contribution in [0.4, 0.5) is 0 Å². The minimum absolute atomic E-state index is 0. The fraction of sp³-hybridized carbons (Fsp3) is 0.545. The number of aliphatic hydroxyl groups is 1. The number of nitrogens with two attached hydrogens (primary N) is 1. The number of nitrogens with one attached hydrogen (secondary N) is 1. The van der Waals surface area contributed by atoms with Crippen LogP contribution in [0.25, 0.3) is 0 Å². The standard InChI is InChI=1S/C5H12N2O.3C2H4O2.3Na/c6-2-4-7-3-1-5-8;3*1-2(3)4;;;/h1,5,7-8H,2-4,6H2;3*1H3,(H,3,4);;;/q;;;;3*+1/p-3. The molecule has 0 aliphatic carbocycles. The summed E-state index contributed by atoms with van der Waals surface area (Å²) in [6.07, 6.45) is 2.64. The van der Waals surface area contributed by atoms with E-state index in [9.17, 15) is 0 Å². The summed E-state index contributed by atoms with van der Waals surface area (Å²) in [5, 5.41) is 37.7. The van der Waals surface area contributed by atoms with Gasteiger partial charge in [-0.15, -0.1) is 0 Å². The number of aliphatic hydroxyl groups excluding tert-OH is 1. The Kier molecular flexibility index (Phi) is 82.8. The van der Waals surface area contributed by atoms with E-state index in [1.807, 2.05) is 0 Å². The van der Waals surface area contributed by atoms with Crippen molar-refractivity contribution >= 4 is 17.9 Å². The Morgan fingerprint density at radius 3 is 1.39 bits per heavy atom. The van der Waals surface area contributed by atoms with Gasteiger partial charge in [-0.2, -0.15) is 0 Å². The molecule has 0 aromatic rings. The first-order chi connectivity index (χ1) is 9.11. The van der Waals surface area contributed by atoms with Crippen molar-refractivity contribution in [2.75, 3.05) is 19.6 Å². The van der Waals surface area contributed by atoms with Crippen LogP contribution in [0, 0.1) is 0 Å². The molecule has 0 aliphatic rings. The molecule has 120 valence electrons. The molecule has 9 nitrogen and oxygen atoms in total. The molecule has 0 rings (SSSR count). The van der Waals surface area contributed by atoms with E-state index in [-0.39, 0.29) is 88.7 Å². The van der Waals surface area contributed by atoms with Gasteiger partial charge in [0.25, 0.3) is 0 Å². The first-order valence-corrected chi connectivity index (χ1v) is 5.34. The maximum Gasteiger partial charge on any atom is 1.00 e. The van der Waals surface area contributed by atoms with Crippen molar-refractivity contribution in [2.24, 2.45) is 5.73 Å². The van der Waals surface area contributed by atoms with Crippen molar-refractivity contribution < 1.29 is 123 Å². The SMILES string of the molecule is CC(=O)[O-].CC(=O)[O-].CC(=O)[O-].NCCNCC=CO.[Na+].[Na+].[Na+]. The van der Waals surface area contributed by atoms with Crippen LogP contribution in [0.5, 0.6) is 0 Å². The zero-order chi connectivity index (χ0) is 17.0. The number of carbonyl (C=O) groups is 3. The maximum absolute atomic E-state index is 8.89. The molecular weight excluding hydrogens is 341 g/mol. The van der Waals surface area contributed by atoms with Gasteiger partial charge >= 0.3 is 88.7 Å². The third-order valence-corrected chi connectivity index (χ3v) is 0.689. The second-order valence-corrected chi connectivity index (χ2v) is 2.85. The number of carboxylic acid groups (broad SMARTS) is 3. The minimum atomic E-state index is -1.08. The smallest absolute Gasteiger partial charge is 0.550 e. The topological polar surface area (TPSA) is 179 Å². The third kappa shape index (κ3) is 289. The Morgan fingerprint density at radius 1 is 0.957 bits per heavy atom. The van der Waals surface area contributed by atoms with Crippen LogP contribution in [0.15, 0.2) is 12.3 Å². The summed E-state index contributed by atoms with van der Waals surface area (Å²) in [6, 6.07) is 0. The van der Waals surface area contributed by atoms with Gasteiger partial charge in [-0.1, -0.05) is 0 Å². The van der Waals surface area contributed by atoms with Gasteiger partial charge in [0.05, 0.1) is 6.26 Å². The molecule has 4 N–H and O–H groups in total. The molecule has 0 saturated carbocycles. The number of carboxylic acids is 3. The average Bonchev–Trinajstić information content (AvgIpc) is 2.22. The van der Waals surface area contributed by atoms with Gasteiger partial charge in [0, 0.05) is 37.5 Å². The number of hydrogen-bond donors (Lipinski definition) is 3. The molecule has 0 fully saturated rings. The van der Waals surface area contributed by atoms with Crippen molar-refractivity contribution in [1.82, 2.24) is 5.32 Å². The van der Waals surface area contributed by atoms with Gasteiger partial charge in [-0.25, -0.2) is 0 Å². The molecule has 0 unspecified atom stereocenters. The first-order valence-electron chi connectivity index (χ1n) is 5.34. The van der Waals surface area contributed by atoms with Gasteiger partial charge in [-0.3, -0.25) is 0 Å². The third-order valence-electron chi connectivity index (χ3n) is 0.689. The minimum Gasteiger partial charge on any atom is -0.550 e. The molecule has 0 heterocycles. The average molecular weight is 362 g/mol. The van der Waals surface area contributed by atoms with Gasteiger partial charge in [0.2, 0.25) is 0 Å². The Labute approximate surface area is 203 Å². The Hall–Kier alpha value is 0.870. The first kappa shape index (κ1) is 43.9. The quantitative estimate of drug-likeness (QED) is 0.249. The van der Waals surface area contributed by atoms with Crippen molar-refractivity contribution in [1.29, 1.82) is 0 Å². The maximum atomic E-state index is 8.89. The van der Waals surface area contributed by atoms with E-state index in [1.54, 1.807) is 6.08 Å². The fourth-order valence-electron chi connectivity index (χ4n) is 0.340. The molecule has 0 atom stereocenters. The van der Waals surface area contributed by atoms with Gasteiger partial charge in [-0.05, 0) is 26.8 Å². The second kappa shape index (κ2) is 43.4. The van der Waals surface area contributed by atoms with Crippen LogP contribution < -0.4 is 115 Å². The Morgan fingerprint density at radius 2 is 1.22 bits per heavy atom. The van der Waals surface area contributed by atoms with E-state index < -0.39 is 17.9 Å². The van der Waals surface area contributed by atoms with E-state index >= 15 is 0 Å². The van der Waals surface area contributed by atoms with Crippen LogP contribution in [0.3, 0.4) is 0 Å². The van der Waals surface area contributed by atoms with Crippen LogP contribution in [0.2, 0.25) is 0 Å². The van der Waals surface area contributed by atoms with Crippen molar-refractivity contribution in [2.45, 2.75) is 20.8 Å². The molecule has 0 spiro atoms. The summed E-state index contributed by atoms with van der Waals surface area (Å²) < 4.78 is 0. The zero-order valence-corrected chi connectivity index (χ0v) is 20.8. The molecule has 0 saturated heterocycles. The fourth-order valence-corrected chi connectivity index (χ4v) is 0.340. The summed E-state index contributed by atoms with van der Waals surface area (Å²) in [7, 11) is 0. The van der Waals surface area contributed by atoms with E-state index in [0.717, 1.165) is 33.6 Å². The molecule has 0 aromatic carbocycles. The van der Waals surface area contributed by atoms with Crippen LogP contribution in [0.1, 0.15) is 20.8 Å². The summed E-state index contributed by atoms with van der Waals surface area (Å²) in [5.74, 6) is -3.25. The summed E-state index contributed by atoms with van der Waals surface area (Å²) in [6.45, 7) is 5.04. The van der Waals surface area contributed by atoms with Crippen molar-refractivity contribution in [3.8, 4) is 0 Å². The molecule has 0 aliphatic heterocycles. The van der Waals surface area contributed by atoms with Crippen molar-refractivity contribution in [3.05, 3.63) is 12.3 Å². The Bertz CT molecular complexity index is 240. The van der Waals surface area contributed by atoms with Gasteiger partial charge in [0.15, 0.2) is 0 Å². The number of aliphatic carboxylic acids is 3. The largest absolute Gasteiger partial charge is 1.00 e. The summed E-state index contributed by atoms with van der Waals surface area (Å²) in [5.41, 5.74) is 5.16. The van der Waals surface area contributed by atoms with Crippen LogP contribution >= 0.6 is 0 Å². The molecule has 12 heteroatoms. The second-order valence-electron chi connectivity index (χ2n) is 2.85. The summed E-state index contributed by atoms with van der Waals surface area (Å²) >= 11 is 0. The normalized spacial score (nSPS) is 6.96. The van der Waals surface area contributed by atoms with Crippen LogP contribution in [-0.4, -0.2) is 42.6 Å². The summed E-state index contributed by atoms with van der Waals surface area (Å²) in [4.78, 5) is 26.7. The van der Waals surface area contributed by atoms with Gasteiger partial charge in [0.1, 0.15) is 0 Å². The van der Waals surface area contributed by atoms with E-state index in [1.165, 1.54) is 0 Å². The molecule has 23 heavy (non-hydrogen) atoms. The van der Waals surface area contributed by atoms with Gasteiger partial charge < -0.3 is 45.9 Å². The zero-order valence-electron chi connectivity index (χ0n) is 14.8. The van der Waals surface area contributed by atoms with E-state index in [4.69, 9.17) is 40.5 Å². The van der Waals surface area contributed by atoms with Crippen LogP contribution in [-0.2, 0) is 14.4 Å². The molecule has 0 aromatic heterocycles. The monoisotopic (exact) mass is 362 g/mol. The van der Waals surface area contributed by atoms with E-state index in [0.29, 0.717) is 13.1 Å². The number of hydrogen-bond acceptors (Lipinski definition) is 9. The molecular formula is C11H21N2Na3O7. The Balaban J connectivity index is -0.0000000301. The predicted molar refractivity (Wildman–Crippen MR) is 65.7 cm³/mol.